The first kappa shape index (κ1) is 15.7. The van der Waals surface area contributed by atoms with Gasteiger partial charge in [-0.25, -0.2) is 0 Å². The maximum atomic E-state index is 11.1. The Morgan fingerprint density at radius 2 is 2.15 bits per heavy atom. The minimum atomic E-state index is -1.27. The van der Waals surface area contributed by atoms with Gasteiger partial charge in [0.15, 0.2) is 11.5 Å². The van der Waals surface area contributed by atoms with E-state index in [0.717, 1.165) is 0 Å². The lowest BCUT2D eigenvalue weighted by Gasteiger charge is -2.24. The molecule has 1 unspecified atom stereocenters. The van der Waals surface area contributed by atoms with Crippen LogP contribution in [0.25, 0.3) is 0 Å². The van der Waals surface area contributed by atoms with E-state index in [2.05, 4.69) is 5.32 Å². The predicted molar refractivity (Wildman–Crippen MR) is 70.2 cm³/mol. The second-order valence-corrected chi connectivity index (χ2v) is 4.27. The van der Waals surface area contributed by atoms with Gasteiger partial charge < -0.3 is 19.9 Å². The van der Waals surface area contributed by atoms with Gasteiger partial charge in [-0.05, 0) is 20.0 Å². The highest BCUT2D eigenvalue weighted by atomic mass is 16.6. The molecule has 1 rings (SSSR count). The number of aliphatic carboxylic acids is 1. The Balaban J connectivity index is 2.93. The zero-order chi connectivity index (χ0) is 15.3. The molecule has 0 spiro atoms. The van der Waals surface area contributed by atoms with Crippen molar-refractivity contribution in [1.29, 1.82) is 0 Å². The third kappa shape index (κ3) is 3.35. The zero-order valence-corrected chi connectivity index (χ0v) is 11.4. The number of nitrogens with zero attached hydrogens (tertiary/aromatic N) is 1. The van der Waals surface area contributed by atoms with E-state index in [4.69, 9.17) is 14.6 Å². The van der Waals surface area contributed by atoms with Gasteiger partial charge in [-0.1, -0.05) is 0 Å². The van der Waals surface area contributed by atoms with Gasteiger partial charge in [0.1, 0.15) is 12.1 Å². The third-order valence-corrected chi connectivity index (χ3v) is 2.90. The minimum absolute atomic E-state index is 0.135. The van der Waals surface area contributed by atoms with E-state index >= 15 is 0 Å². The Labute approximate surface area is 115 Å². The molecule has 20 heavy (non-hydrogen) atoms. The third-order valence-electron chi connectivity index (χ3n) is 2.90. The quantitative estimate of drug-likeness (QED) is 0.568. The summed E-state index contributed by atoms with van der Waals surface area (Å²) >= 11 is 0. The molecule has 1 atom stereocenters. The summed E-state index contributed by atoms with van der Waals surface area (Å²) in [4.78, 5) is 21.2. The van der Waals surface area contributed by atoms with E-state index in [1.165, 1.54) is 39.3 Å². The molecule has 0 aliphatic rings. The number of likely N-dealkylation sites (N-methyl/N-ethyl adjacent to an activating group) is 1. The first-order valence-electron chi connectivity index (χ1n) is 5.71. The Bertz CT molecular complexity index is 519. The topological polar surface area (TPSA) is 111 Å². The fourth-order valence-electron chi connectivity index (χ4n) is 1.35. The average molecular weight is 284 g/mol. The van der Waals surface area contributed by atoms with Crippen molar-refractivity contribution in [2.45, 2.75) is 12.5 Å². The molecular weight excluding hydrogens is 268 g/mol. The zero-order valence-electron chi connectivity index (χ0n) is 11.4. The molecule has 1 aromatic rings. The van der Waals surface area contributed by atoms with Crippen molar-refractivity contribution >= 4 is 11.7 Å². The molecule has 110 valence electrons. The highest BCUT2D eigenvalue weighted by Gasteiger charge is 2.32. The lowest BCUT2D eigenvalue weighted by Crippen LogP contribution is -2.52. The van der Waals surface area contributed by atoms with Crippen LogP contribution in [0.2, 0.25) is 0 Å². The maximum absolute atomic E-state index is 11.1. The van der Waals surface area contributed by atoms with Crippen LogP contribution in [-0.2, 0) is 4.79 Å². The Kier molecular flexibility index (Phi) is 4.87. The number of carboxylic acids is 1. The summed E-state index contributed by atoms with van der Waals surface area (Å²) in [5, 5.41) is 22.4. The van der Waals surface area contributed by atoms with Crippen molar-refractivity contribution < 1.29 is 24.3 Å². The van der Waals surface area contributed by atoms with Gasteiger partial charge in [0, 0.05) is 6.07 Å². The molecule has 0 amide bonds. The Morgan fingerprint density at radius 1 is 1.50 bits per heavy atom. The van der Waals surface area contributed by atoms with Gasteiger partial charge in [-0.2, -0.15) is 0 Å². The molecule has 0 saturated heterocycles. The normalized spacial score (nSPS) is 13.3. The smallest absolute Gasteiger partial charge is 0.327 e. The van der Waals surface area contributed by atoms with Crippen LogP contribution >= 0.6 is 0 Å². The van der Waals surface area contributed by atoms with Crippen molar-refractivity contribution in [2.75, 3.05) is 20.8 Å². The minimum Gasteiger partial charge on any atom is -0.493 e. The standard InChI is InChI=1S/C12H16N2O6/c1-12(13-2,11(15)16)7-20-9-5-4-8(14(17)18)6-10(9)19-3/h4-6,13H,7H2,1-3H3,(H,15,16). The van der Waals surface area contributed by atoms with Crippen LogP contribution in [-0.4, -0.2) is 42.3 Å². The van der Waals surface area contributed by atoms with Crippen molar-refractivity contribution in [3.63, 3.8) is 0 Å². The van der Waals surface area contributed by atoms with E-state index in [1.54, 1.807) is 0 Å². The molecule has 0 fully saturated rings. The predicted octanol–water partition coefficient (Wildman–Crippen LogP) is 1.04. The van der Waals surface area contributed by atoms with Crippen LogP contribution in [0.5, 0.6) is 11.5 Å². The molecule has 0 saturated carbocycles. The van der Waals surface area contributed by atoms with E-state index in [9.17, 15) is 14.9 Å². The van der Waals surface area contributed by atoms with E-state index < -0.39 is 16.4 Å². The number of benzene rings is 1. The van der Waals surface area contributed by atoms with Gasteiger partial charge in [-0.3, -0.25) is 14.9 Å². The molecule has 0 bridgehead atoms. The molecule has 8 nitrogen and oxygen atoms in total. The van der Waals surface area contributed by atoms with Gasteiger partial charge in [-0.15, -0.1) is 0 Å². The van der Waals surface area contributed by atoms with Crippen molar-refractivity contribution in [3.8, 4) is 11.5 Å². The Morgan fingerprint density at radius 3 is 2.60 bits per heavy atom. The van der Waals surface area contributed by atoms with Crippen LogP contribution in [0.1, 0.15) is 6.92 Å². The number of rotatable bonds is 7. The molecule has 0 aliphatic heterocycles. The number of nitro groups is 1. The summed E-state index contributed by atoms with van der Waals surface area (Å²) in [6, 6.07) is 3.84. The summed E-state index contributed by atoms with van der Waals surface area (Å²) in [7, 11) is 2.85. The highest BCUT2D eigenvalue weighted by Crippen LogP contribution is 2.31. The molecule has 0 aliphatic carbocycles. The SMILES string of the molecule is CNC(C)(COc1ccc([N+](=O)[O-])cc1OC)C(=O)O. The lowest BCUT2D eigenvalue weighted by atomic mass is 10.1. The van der Waals surface area contributed by atoms with Gasteiger partial charge in [0.05, 0.1) is 18.1 Å². The summed E-state index contributed by atoms with van der Waals surface area (Å²) < 4.78 is 10.4. The number of nitrogens with one attached hydrogen (secondary N) is 1. The number of carbonyl (C=O) groups is 1. The molecule has 8 heteroatoms. The van der Waals surface area contributed by atoms with Gasteiger partial charge in [0.25, 0.3) is 5.69 Å². The Hall–Kier alpha value is -2.35. The van der Waals surface area contributed by atoms with Gasteiger partial charge in [0.2, 0.25) is 0 Å². The number of methoxy groups -OCH3 is 1. The molecular formula is C12H16N2O6. The van der Waals surface area contributed by atoms with Crippen molar-refractivity contribution in [1.82, 2.24) is 5.32 Å². The number of hydrogen-bond acceptors (Lipinski definition) is 6. The maximum Gasteiger partial charge on any atom is 0.327 e. The fraction of sp³-hybridized carbons (Fsp3) is 0.417. The molecule has 0 radical (unpaired) electrons. The second-order valence-electron chi connectivity index (χ2n) is 4.27. The van der Waals surface area contributed by atoms with E-state index in [0.29, 0.717) is 0 Å². The fourth-order valence-corrected chi connectivity index (χ4v) is 1.35. The largest absolute Gasteiger partial charge is 0.493 e. The number of ether oxygens (including phenoxy) is 2. The number of nitro benzene ring substituents is 1. The van der Waals surface area contributed by atoms with Crippen LogP contribution < -0.4 is 14.8 Å². The number of hydrogen-bond donors (Lipinski definition) is 2. The molecule has 1 aromatic carbocycles. The first-order chi connectivity index (χ1) is 9.34. The summed E-state index contributed by atoms with van der Waals surface area (Å²) in [5.74, 6) is -0.662. The van der Waals surface area contributed by atoms with E-state index in [-0.39, 0.29) is 23.8 Å². The number of carboxylic acid groups (broad SMARTS) is 1. The van der Waals surface area contributed by atoms with E-state index in [1.807, 2.05) is 0 Å². The monoisotopic (exact) mass is 284 g/mol. The van der Waals surface area contributed by atoms with Crippen molar-refractivity contribution in [3.05, 3.63) is 28.3 Å². The number of non-ortho nitro benzene ring substituents is 1. The van der Waals surface area contributed by atoms with Crippen LogP contribution in [0.15, 0.2) is 18.2 Å². The summed E-state index contributed by atoms with van der Waals surface area (Å²) in [6.45, 7) is 1.31. The molecule has 2 N–H and O–H groups in total. The van der Waals surface area contributed by atoms with Crippen molar-refractivity contribution in [2.24, 2.45) is 0 Å². The van der Waals surface area contributed by atoms with Gasteiger partial charge >= 0.3 is 5.97 Å². The highest BCUT2D eigenvalue weighted by molar-refractivity contribution is 5.78. The lowest BCUT2D eigenvalue weighted by molar-refractivity contribution is -0.385. The van der Waals surface area contributed by atoms with Crippen LogP contribution in [0, 0.1) is 10.1 Å². The second kappa shape index (κ2) is 6.20. The molecule has 0 heterocycles. The average Bonchev–Trinajstić information content (AvgIpc) is 2.44. The summed E-state index contributed by atoms with van der Waals surface area (Å²) in [5.41, 5.74) is -1.41. The summed E-state index contributed by atoms with van der Waals surface area (Å²) in [6.07, 6.45) is 0. The molecule has 0 aromatic heterocycles. The van der Waals surface area contributed by atoms with Crippen LogP contribution in [0.3, 0.4) is 0 Å². The first-order valence-corrected chi connectivity index (χ1v) is 5.71. The van der Waals surface area contributed by atoms with Crippen LogP contribution in [0.4, 0.5) is 5.69 Å².